The van der Waals surface area contributed by atoms with E-state index in [9.17, 15) is 42.4 Å². The molecule has 12 nitrogen and oxygen atoms in total. The van der Waals surface area contributed by atoms with Gasteiger partial charge in [0.1, 0.15) is 0 Å². The summed E-state index contributed by atoms with van der Waals surface area (Å²) in [5, 5.41) is 27.8. The molecule has 0 aromatic carbocycles. The maximum absolute atomic E-state index is 12.7. The van der Waals surface area contributed by atoms with Crippen LogP contribution in [0.1, 0.15) is 58.8 Å². The van der Waals surface area contributed by atoms with Gasteiger partial charge in [-0.15, -0.1) is 0 Å². The summed E-state index contributed by atoms with van der Waals surface area (Å²) in [6, 6.07) is -2.02. The minimum atomic E-state index is -5.28. The summed E-state index contributed by atoms with van der Waals surface area (Å²) in [6.07, 6.45) is -1.26. The standard InChI is InChI=1S/C16H27NO11S/c1-3-5-6-8-28-17(11(14(21)22)9-13(19)20)12(18)10-16(7-4-2,15(23)24)29(25,26)27/h11H,3-10H2,1-2H3,(H,19,20)(H,21,22)(H,23,24)(H,25,26,27). The van der Waals surface area contributed by atoms with Crippen LogP contribution in [0.3, 0.4) is 0 Å². The van der Waals surface area contributed by atoms with Gasteiger partial charge in [0.2, 0.25) is 10.7 Å². The Balaban J connectivity index is 6.00. The van der Waals surface area contributed by atoms with Crippen molar-refractivity contribution in [2.75, 3.05) is 6.61 Å². The Bertz CT molecular complexity index is 706. The lowest BCUT2D eigenvalue weighted by Gasteiger charge is -2.31. The Hall–Kier alpha value is -2.25. The van der Waals surface area contributed by atoms with Gasteiger partial charge < -0.3 is 15.3 Å². The summed E-state index contributed by atoms with van der Waals surface area (Å²) in [5.74, 6) is -6.69. The first-order chi connectivity index (χ1) is 13.3. The highest BCUT2D eigenvalue weighted by Gasteiger charge is 2.53. The normalized spacial score (nSPS) is 14.6. The third kappa shape index (κ3) is 7.59. The summed E-state index contributed by atoms with van der Waals surface area (Å²) < 4.78 is 30.1. The molecule has 168 valence electrons. The summed E-state index contributed by atoms with van der Waals surface area (Å²) in [4.78, 5) is 51.9. The molecule has 0 aliphatic carbocycles. The number of hydroxylamine groups is 2. The fraction of sp³-hybridized carbons (Fsp3) is 0.750. The highest BCUT2D eigenvalue weighted by Crippen LogP contribution is 2.29. The second kappa shape index (κ2) is 11.7. The molecule has 0 aliphatic rings. The van der Waals surface area contributed by atoms with Crippen molar-refractivity contribution in [2.24, 2.45) is 0 Å². The van der Waals surface area contributed by atoms with Crippen LogP contribution in [0.5, 0.6) is 0 Å². The number of aliphatic carboxylic acids is 3. The SMILES string of the molecule is CCCCCON(C(=O)CC(CCC)(C(=O)O)S(=O)(=O)O)C(CC(=O)O)C(=O)O. The van der Waals surface area contributed by atoms with Gasteiger partial charge in [0.25, 0.3) is 10.1 Å². The van der Waals surface area contributed by atoms with Gasteiger partial charge in [0, 0.05) is 0 Å². The smallest absolute Gasteiger partial charge is 0.329 e. The molecule has 0 spiro atoms. The number of nitrogens with zero attached hydrogens (tertiary/aromatic N) is 1. The molecule has 4 N–H and O–H groups in total. The van der Waals surface area contributed by atoms with Gasteiger partial charge in [-0.3, -0.25) is 23.8 Å². The summed E-state index contributed by atoms with van der Waals surface area (Å²) >= 11 is 0. The predicted octanol–water partition coefficient (Wildman–Crippen LogP) is 0.766. The molecule has 29 heavy (non-hydrogen) atoms. The lowest BCUT2D eigenvalue weighted by Crippen LogP contribution is -2.53. The number of carboxylic acids is 3. The first-order valence-electron chi connectivity index (χ1n) is 8.94. The molecule has 0 bridgehead atoms. The average Bonchev–Trinajstić information content (AvgIpc) is 2.58. The molecule has 0 aromatic rings. The van der Waals surface area contributed by atoms with Crippen LogP contribution in [0, 0.1) is 0 Å². The highest BCUT2D eigenvalue weighted by atomic mass is 32.2. The Morgan fingerprint density at radius 3 is 2.00 bits per heavy atom. The van der Waals surface area contributed by atoms with Crippen LogP contribution in [0.25, 0.3) is 0 Å². The van der Waals surface area contributed by atoms with E-state index in [1.54, 1.807) is 0 Å². The van der Waals surface area contributed by atoms with E-state index in [2.05, 4.69) is 0 Å². The zero-order chi connectivity index (χ0) is 22.8. The summed E-state index contributed by atoms with van der Waals surface area (Å²) in [5.41, 5.74) is 0. The fourth-order valence-corrected chi connectivity index (χ4v) is 3.60. The van der Waals surface area contributed by atoms with Crippen LogP contribution in [-0.2, 0) is 34.1 Å². The van der Waals surface area contributed by atoms with Crippen LogP contribution in [0.2, 0.25) is 0 Å². The Kier molecular flexibility index (Phi) is 10.8. The molecule has 0 aromatic heterocycles. The third-order valence-electron chi connectivity index (χ3n) is 4.13. The number of carbonyl (C=O) groups excluding carboxylic acids is 1. The average molecular weight is 441 g/mol. The van der Waals surface area contributed by atoms with E-state index >= 15 is 0 Å². The maximum atomic E-state index is 12.7. The van der Waals surface area contributed by atoms with Crippen molar-refractivity contribution in [2.45, 2.75) is 69.6 Å². The van der Waals surface area contributed by atoms with Crippen LogP contribution in [0.4, 0.5) is 0 Å². The molecular weight excluding hydrogens is 414 g/mol. The van der Waals surface area contributed by atoms with Crippen molar-refractivity contribution in [1.82, 2.24) is 5.06 Å². The first kappa shape index (κ1) is 26.8. The monoisotopic (exact) mass is 441 g/mol. The quantitative estimate of drug-likeness (QED) is 0.159. The summed E-state index contributed by atoms with van der Waals surface area (Å²) in [7, 11) is -5.28. The lowest BCUT2D eigenvalue weighted by molar-refractivity contribution is -0.210. The molecule has 1 amide bonds. The van der Waals surface area contributed by atoms with Gasteiger partial charge in [0.15, 0.2) is 6.04 Å². The van der Waals surface area contributed by atoms with Crippen LogP contribution >= 0.6 is 0 Å². The third-order valence-corrected chi connectivity index (χ3v) is 5.64. The van der Waals surface area contributed by atoms with Crippen molar-refractivity contribution in [3.8, 4) is 0 Å². The molecule has 0 saturated carbocycles. The molecule has 13 heteroatoms. The lowest BCUT2D eigenvalue weighted by atomic mass is 9.97. The number of hydrogen-bond donors (Lipinski definition) is 4. The molecule has 2 unspecified atom stereocenters. The zero-order valence-corrected chi connectivity index (χ0v) is 17.1. The molecule has 0 fully saturated rings. The highest BCUT2D eigenvalue weighted by molar-refractivity contribution is 7.88. The first-order valence-corrected chi connectivity index (χ1v) is 10.4. The molecule has 0 radical (unpaired) electrons. The van der Waals surface area contributed by atoms with Gasteiger partial charge in [0.05, 0.1) is 19.4 Å². The van der Waals surface area contributed by atoms with Gasteiger partial charge in [-0.25, -0.2) is 9.86 Å². The molecule has 0 rings (SSSR count). The van der Waals surface area contributed by atoms with Gasteiger partial charge >= 0.3 is 17.9 Å². The second-order valence-corrected chi connectivity index (χ2v) is 8.14. The minimum Gasteiger partial charge on any atom is -0.481 e. The van der Waals surface area contributed by atoms with E-state index in [0.29, 0.717) is 12.8 Å². The second-order valence-electron chi connectivity index (χ2n) is 6.41. The summed E-state index contributed by atoms with van der Waals surface area (Å²) in [6.45, 7) is 3.12. The number of carboxylic acid groups (broad SMARTS) is 3. The van der Waals surface area contributed by atoms with E-state index in [1.165, 1.54) is 6.92 Å². The molecule has 0 aliphatic heterocycles. The number of hydrogen-bond acceptors (Lipinski definition) is 7. The van der Waals surface area contributed by atoms with Crippen molar-refractivity contribution in [3.05, 3.63) is 0 Å². The topological polar surface area (TPSA) is 196 Å². The van der Waals surface area contributed by atoms with Crippen molar-refractivity contribution >= 4 is 33.9 Å². The largest absolute Gasteiger partial charge is 0.481 e. The number of carbonyl (C=O) groups is 4. The van der Waals surface area contributed by atoms with Crippen LogP contribution < -0.4 is 0 Å². The van der Waals surface area contributed by atoms with E-state index < -0.39 is 64.0 Å². The molecule has 2 atom stereocenters. The van der Waals surface area contributed by atoms with Gasteiger partial charge in [-0.05, 0) is 12.8 Å². The number of rotatable bonds is 15. The predicted molar refractivity (Wildman–Crippen MR) is 97.4 cm³/mol. The van der Waals surface area contributed by atoms with Crippen LogP contribution in [0.15, 0.2) is 0 Å². The van der Waals surface area contributed by atoms with E-state index in [1.807, 2.05) is 6.92 Å². The number of amides is 1. The molecule has 0 heterocycles. The molecular formula is C16H27NO11S. The Labute approximate surface area is 168 Å². The van der Waals surface area contributed by atoms with Gasteiger partial charge in [-0.1, -0.05) is 33.1 Å². The van der Waals surface area contributed by atoms with E-state index in [0.717, 1.165) is 6.42 Å². The van der Waals surface area contributed by atoms with E-state index in [-0.39, 0.29) is 18.1 Å². The zero-order valence-electron chi connectivity index (χ0n) is 16.2. The van der Waals surface area contributed by atoms with Crippen molar-refractivity contribution < 1.29 is 52.3 Å². The fourth-order valence-electron chi connectivity index (χ4n) is 2.61. The van der Waals surface area contributed by atoms with E-state index in [4.69, 9.17) is 9.94 Å². The van der Waals surface area contributed by atoms with Crippen LogP contribution in [-0.4, -0.2) is 74.6 Å². The Morgan fingerprint density at radius 2 is 1.62 bits per heavy atom. The van der Waals surface area contributed by atoms with Crippen molar-refractivity contribution in [3.63, 3.8) is 0 Å². The molecule has 0 saturated heterocycles. The Morgan fingerprint density at radius 1 is 1.03 bits per heavy atom. The van der Waals surface area contributed by atoms with Gasteiger partial charge in [-0.2, -0.15) is 8.42 Å². The maximum Gasteiger partial charge on any atom is 0.329 e. The minimum absolute atomic E-state index is 0.0335. The number of unbranched alkanes of at least 4 members (excludes halogenated alkanes) is 2. The van der Waals surface area contributed by atoms with Crippen molar-refractivity contribution in [1.29, 1.82) is 0 Å².